The van der Waals surface area contributed by atoms with E-state index in [1.54, 1.807) is 0 Å². The smallest absolute Gasteiger partial charge is 0.233 e. The summed E-state index contributed by atoms with van der Waals surface area (Å²) in [7, 11) is 0. The Morgan fingerprint density at radius 2 is 1.77 bits per heavy atom. The van der Waals surface area contributed by atoms with Gasteiger partial charge in [-0.1, -0.05) is 65.8 Å². The lowest BCUT2D eigenvalue weighted by molar-refractivity contribution is -0.130. The molecule has 1 aromatic carbocycles. The molecule has 0 N–H and O–H groups in total. The van der Waals surface area contributed by atoms with Crippen molar-refractivity contribution in [3.05, 3.63) is 53.2 Å². The normalized spacial score (nSPS) is 17.6. The van der Waals surface area contributed by atoms with E-state index in [0.717, 1.165) is 51.6 Å². The quantitative estimate of drug-likeness (QED) is 0.359. The summed E-state index contributed by atoms with van der Waals surface area (Å²) < 4.78 is 0. The average Bonchev–Trinajstić information content (AvgIpc) is 3.33. The second-order valence-corrected chi connectivity index (χ2v) is 9.14. The summed E-state index contributed by atoms with van der Waals surface area (Å²) >= 11 is 7.56. The third-order valence-electron chi connectivity index (χ3n) is 5.61. The van der Waals surface area contributed by atoms with Gasteiger partial charge in [0, 0.05) is 51.9 Å². The molecule has 0 unspecified atom stereocenters. The summed E-state index contributed by atoms with van der Waals surface area (Å²) in [5, 5.41) is 1.01. The summed E-state index contributed by atoms with van der Waals surface area (Å²) in [6, 6.07) is 12.1. The maximum atomic E-state index is 12.7. The number of carbonyl (C=O) groups is 1. The molecule has 1 amide bonds. The molecule has 0 radical (unpaired) electrons. The van der Waals surface area contributed by atoms with E-state index in [9.17, 15) is 4.79 Å². The number of hydrogen-bond donors (Lipinski definition) is 0. The fourth-order valence-corrected chi connectivity index (χ4v) is 4.84. The van der Waals surface area contributed by atoms with Gasteiger partial charge < -0.3 is 9.80 Å². The van der Waals surface area contributed by atoms with Crippen LogP contribution in [0.25, 0.3) is 6.08 Å². The fraction of sp³-hybridized carbons (Fsp3) is 0.435. The van der Waals surface area contributed by atoms with Crippen LogP contribution in [0, 0.1) is 0 Å². The largest absolute Gasteiger partial charge is 0.356 e. The Bertz CT molecular complexity index is 896. The summed E-state index contributed by atoms with van der Waals surface area (Å²) in [5.41, 5.74) is 1.21. The number of piperazine rings is 1. The summed E-state index contributed by atoms with van der Waals surface area (Å²) in [6.07, 6.45) is 6.69. The Morgan fingerprint density at radius 3 is 2.52 bits per heavy atom. The van der Waals surface area contributed by atoms with Gasteiger partial charge in [-0.15, -0.1) is 0 Å². The second kappa shape index (κ2) is 11.0. The molecule has 1 aromatic heterocycles. The van der Waals surface area contributed by atoms with Crippen LogP contribution < -0.4 is 4.90 Å². The maximum absolute atomic E-state index is 12.7. The molecule has 0 atom stereocenters. The summed E-state index contributed by atoms with van der Waals surface area (Å²) in [5.74, 6) is 1.34. The van der Waals surface area contributed by atoms with Crippen molar-refractivity contribution in [2.24, 2.45) is 0 Å². The second-order valence-electron chi connectivity index (χ2n) is 7.81. The molecule has 31 heavy (non-hydrogen) atoms. The van der Waals surface area contributed by atoms with E-state index in [1.165, 1.54) is 30.2 Å². The zero-order valence-corrected chi connectivity index (χ0v) is 19.2. The first kappa shape index (κ1) is 22.1. The zero-order chi connectivity index (χ0) is 21.5. The van der Waals surface area contributed by atoms with E-state index in [0.29, 0.717) is 16.1 Å². The van der Waals surface area contributed by atoms with Crippen LogP contribution in [0.5, 0.6) is 0 Å². The van der Waals surface area contributed by atoms with Gasteiger partial charge in [0.05, 0.1) is 5.75 Å². The molecule has 2 aliphatic rings. The van der Waals surface area contributed by atoms with Gasteiger partial charge in [0.1, 0.15) is 11.0 Å². The number of aromatic nitrogens is 2. The highest BCUT2D eigenvalue weighted by atomic mass is 35.5. The molecule has 4 rings (SSSR count). The van der Waals surface area contributed by atoms with E-state index < -0.39 is 0 Å². The van der Waals surface area contributed by atoms with Gasteiger partial charge in [-0.3, -0.25) is 9.69 Å². The average molecular weight is 458 g/mol. The number of halogens is 1. The van der Waals surface area contributed by atoms with Crippen molar-refractivity contribution in [2.45, 2.75) is 18.0 Å². The minimum Gasteiger partial charge on any atom is -0.356 e. The minimum absolute atomic E-state index is 0.135. The molecule has 0 aliphatic carbocycles. The van der Waals surface area contributed by atoms with E-state index in [-0.39, 0.29) is 5.91 Å². The van der Waals surface area contributed by atoms with Gasteiger partial charge in [-0.2, -0.15) is 0 Å². The number of benzene rings is 1. The van der Waals surface area contributed by atoms with Gasteiger partial charge in [-0.05, 0) is 18.4 Å². The van der Waals surface area contributed by atoms with Crippen LogP contribution in [0.2, 0.25) is 5.15 Å². The van der Waals surface area contributed by atoms with Crippen LogP contribution in [0.4, 0.5) is 5.82 Å². The zero-order valence-electron chi connectivity index (χ0n) is 17.6. The van der Waals surface area contributed by atoms with Crippen molar-refractivity contribution in [1.29, 1.82) is 0 Å². The Balaban J connectivity index is 1.22. The highest BCUT2D eigenvalue weighted by Gasteiger charge is 2.21. The monoisotopic (exact) mass is 457 g/mol. The molecule has 3 heterocycles. The van der Waals surface area contributed by atoms with Crippen LogP contribution in [0.15, 0.2) is 47.6 Å². The van der Waals surface area contributed by atoms with Crippen molar-refractivity contribution in [2.75, 3.05) is 56.5 Å². The van der Waals surface area contributed by atoms with Gasteiger partial charge in [0.2, 0.25) is 5.91 Å². The minimum atomic E-state index is 0.135. The number of anilines is 1. The van der Waals surface area contributed by atoms with Gasteiger partial charge in [-0.25, -0.2) is 9.97 Å². The molecule has 2 aromatic rings. The molecule has 8 heteroatoms. The molecule has 2 saturated heterocycles. The number of thioether (sulfide) groups is 1. The number of nitrogens with zero attached hydrogens (tertiary/aromatic N) is 5. The van der Waals surface area contributed by atoms with Crippen molar-refractivity contribution in [3.8, 4) is 0 Å². The Morgan fingerprint density at radius 1 is 1.03 bits per heavy atom. The third kappa shape index (κ3) is 6.45. The SMILES string of the molecule is O=C(CSc1nc(Cl)cc(N2CCCC2)n1)N1CCN(CC=Cc2ccccc2)CC1. The summed E-state index contributed by atoms with van der Waals surface area (Å²) in [4.78, 5) is 28.1. The number of carbonyl (C=O) groups excluding carboxylic acids is 1. The molecule has 2 aliphatic heterocycles. The fourth-order valence-electron chi connectivity index (χ4n) is 3.86. The molecular formula is C23H28ClN5OS. The summed E-state index contributed by atoms with van der Waals surface area (Å²) in [6.45, 7) is 6.20. The van der Waals surface area contributed by atoms with Crippen molar-refractivity contribution in [3.63, 3.8) is 0 Å². The number of amides is 1. The first-order valence-corrected chi connectivity index (χ1v) is 12.2. The lowest BCUT2D eigenvalue weighted by atomic mass is 10.2. The number of hydrogen-bond acceptors (Lipinski definition) is 6. The Kier molecular flexibility index (Phi) is 7.83. The molecule has 0 saturated carbocycles. The lowest BCUT2D eigenvalue weighted by Gasteiger charge is -2.34. The topological polar surface area (TPSA) is 52.6 Å². The maximum Gasteiger partial charge on any atom is 0.233 e. The van der Waals surface area contributed by atoms with Crippen LogP contribution in [0.1, 0.15) is 18.4 Å². The number of rotatable bonds is 7. The molecule has 164 valence electrons. The molecule has 6 nitrogen and oxygen atoms in total. The Labute approximate surface area is 193 Å². The third-order valence-corrected chi connectivity index (χ3v) is 6.64. The predicted octanol–water partition coefficient (Wildman–Crippen LogP) is 3.68. The first-order valence-electron chi connectivity index (χ1n) is 10.8. The van der Waals surface area contributed by atoms with Crippen LogP contribution in [-0.2, 0) is 4.79 Å². The molecular weight excluding hydrogens is 430 g/mol. The van der Waals surface area contributed by atoms with Gasteiger partial charge in [0.25, 0.3) is 0 Å². The predicted molar refractivity (Wildman–Crippen MR) is 128 cm³/mol. The first-order chi connectivity index (χ1) is 15.2. The molecule has 0 bridgehead atoms. The lowest BCUT2D eigenvalue weighted by Crippen LogP contribution is -2.49. The van der Waals surface area contributed by atoms with E-state index in [2.05, 4.69) is 44.1 Å². The van der Waals surface area contributed by atoms with Gasteiger partial charge in [0.15, 0.2) is 5.16 Å². The highest BCUT2D eigenvalue weighted by molar-refractivity contribution is 7.99. The van der Waals surface area contributed by atoms with Crippen LogP contribution >= 0.6 is 23.4 Å². The van der Waals surface area contributed by atoms with Crippen LogP contribution in [-0.4, -0.2) is 77.2 Å². The standard InChI is InChI=1S/C23H28ClN5OS/c24-20-17-21(28-11-4-5-12-28)26-23(25-20)31-18-22(30)29-15-13-27(14-16-29)10-6-9-19-7-2-1-3-8-19/h1-3,6-9,17H,4-5,10-16,18H2. The highest BCUT2D eigenvalue weighted by Crippen LogP contribution is 2.24. The Hall–Kier alpha value is -2.09. The van der Waals surface area contributed by atoms with E-state index in [1.807, 2.05) is 29.2 Å². The van der Waals surface area contributed by atoms with Crippen molar-refractivity contribution in [1.82, 2.24) is 19.8 Å². The van der Waals surface area contributed by atoms with E-state index in [4.69, 9.17) is 11.6 Å². The van der Waals surface area contributed by atoms with E-state index >= 15 is 0 Å². The van der Waals surface area contributed by atoms with Crippen molar-refractivity contribution < 1.29 is 4.79 Å². The molecule has 0 spiro atoms. The van der Waals surface area contributed by atoms with Crippen molar-refractivity contribution >= 4 is 41.2 Å². The van der Waals surface area contributed by atoms with Crippen LogP contribution in [0.3, 0.4) is 0 Å². The van der Waals surface area contributed by atoms with Gasteiger partial charge >= 0.3 is 0 Å². The molecule has 2 fully saturated rings.